The first-order valence-corrected chi connectivity index (χ1v) is 14.5. The minimum absolute atomic E-state index is 0.173. The number of hydrogen-bond acceptors (Lipinski definition) is 9. The number of likely N-dealkylation sites (tertiary alicyclic amines) is 1. The molecule has 5 heterocycles. The van der Waals surface area contributed by atoms with Crippen LogP contribution < -0.4 is 16.0 Å². The van der Waals surface area contributed by atoms with E-state index in [-0.39, 0.29) is 5.95 Å². The Labute approximate surface area is 234 Å². The Hall–Kier alpha value is -4.05. The number of rotatable bonds is 5. The molecule has 10 heteroatoms. The van der Waals surface area contributed by atoms with Crippen molar-refractivity contribution in [3.05, 3.63) is 59.3 Å². The number of nitrogens with two attached hydrogens (primary N) is 1. The summed E-state index contributed by atoms with van der Waals surface area (Å²) in [5, 5.41) is 17.0. The highest BCUT2D eigenvalue weighted by Crippen LogP contribution is 2.32. The minimum atomic E-state index is 0.173. The number of benzene rings is 1. The molecule has 0 atom stereocenters. The summed E-state index contributed by atoms with van der Waals surface area (Å²) in [4.78, 5) is 14.4. The van der Waals surface area contributed by atoms with Crippen LogP contribution in [-0.4, -0.2) is 67.1 Å². The lowest BCUT2D eigenvalue weighted by Crippen LogP contribution is -2.44. The Morgan fingerprint density at radius 1 is 0.925 bits per heavy atom. The van der Waals surface area contributed by atoms with E-state index >= 15 is 0 Å². The molecule has 0 saturated carbocycles. The maximum Gasteiger partial charge on any atom is 0.241 e. The molecule has 0 bridgehead atoms. The van der Waals surface area contributed by atoms with Crippen molar-refractivity contribution >= 4 is 23.4 Å². The topological polar surface area (TPSA) is 114 Å². The Kier molecular flexibility index (Phi) is 6.55. The standard InChI is InChI=1S/C30H36N10/c1-20-17-23(19-32-28(20)39-15-11-24(12-16-39)38-13-4-5-14-38)33-30-34-29(31)37-40(30)26-18-22-9-6-8-21-7-2-3-10-25(21)27(22)36-35-26/h2-3,7,10,17-19,24H,4-6,8-9,11-16H2,1H3,(H3,31,33,34,37). The van der Waals surface area contributed by atoms with Crippen molar-refractivity contribution in [2.24, 2.45) is 0 Å². The summed E-state index contributed by atoms with van der Waals surface area (Å²) in [6.07, 6.45) is 10.00. The zero-order valence-corrected chi connectivity index (χ0v) is 23.1. The van der Waals surface area contributed by atoms with Crippen LogP contribution in [0, 0.1) is 6.92 Å². The van der Waals surface area contributed by atoms with Gasteiger partial charge in [0.1, 0.15) is 5.82 Å². The lowest BCUT2D eigenvalue weighted by atomic mass is 10.0. The Balaban J connectivity index is 1.10. The van der Waals surface area contributed by atoms with E-state index in [1.807, 2.05) is 6.20 Å². The van der Waals surface area contributed by atoms with E-state index in [4.69, 9.17) is 10.7 Å². The second-order valence-electron chi connectivity index (χ2n) is 11.2. The lowest BCUT2D eigenvalue weighted by Gasteiger charge is -2.37. The number of anilines is 4. The number of nitrogens with zero attached hydrogens (tertiary/aromatic N) is 8. The number of hydrogen-bond donors (Lipinski definition) is 2. The van der Waals surface area contributed by atoms with Crippen LogP contribution >= 0.6 is 0 Å². The molecule has 3 aliphatic rings. The first-order valence-electron chi connectivity index (χ1n) is 14.5. The number of fused-ring (bicyclic) bond motifs is 3. The molecule has 10 nitrogen and oxygen atoms in total. The van der Waals surface area contributed by atoms with Crippen molar-refractivity contribution in [1.29, 1.82) is 0 Å². The van der Waals surface area contributed by atoms with E-state index in [9.17, 15) is 0 Å². The number of nitrogen functional groups attached to an aromatic ring is 1. The van der Waals surface area contributed by atoms with Crippen LogP contribution in [0.1, 0.15) is 48.8 Å². The number of pyridine rings is 1. The molecule has 0 radical (unpaired) electrons. The minimum Gasteiger partial charge on any atom is -0.366 e. The zero-order chi connectivity index (χ0) is 27.1. The molecule has 0 spiro atoms. The Morgan fingerprint density at radius 3 is 2.55 bits per heavy atom. The van der Waals surface area contributed by atoms with E-state index in [1.165, 1.54) is 44.3 Å². The van der Waals surface area contributed by atoms with Gasteiger partial charge in [0.2, 0.25) is 11.9 Å². The predicted molar refractivity (Wildman–Crippen MR) is 157 cm³/mol. The maximum absolute atomic E-state index is 6.05. The molecular weight excluding hydrogens is 500 g/mol. The van der Waals surface area contributed by atoms with Crippen LogP contribution in [0.5, 0.6) is 0 Å². The van der Waals surface area contributed by atoms with E-state index in [0.29, 0.717) is 11.8 Å². The first kappa shape index (κ1) is 25.0. The average Bonchev–Trinajstić information content (AvgIpc) is 3.59. The monoisotopic (exact) mass is 536 g/mol. The zero-order valence-electron chi connectivity index (χ0n) is 23.1. The summed E-state index contributed by atoms with van der Waals surface area (Å²) in [6.45, 7) is 6.75. The third kappa shape index (κ3) is 4.77. The van der Waals surface area contributed by atoms with Gasteiger partial charge in [-0.3, -0.25) is 0 Å². The fourth-order valence-corrected chi connectivity index (χ4v) is 6.59. The summed E-state index contributed by atoms with van der Waals surface area (Å²) >= 11 is 0. The summed E-state index contributed by atoms with van der Waals surface area (Å²) in [5.74, 6) is 2.31. The normalized spacial score (nSPS) is 17.9. The molecule has 40 heavy (non-hydrogen) atoms. The maximum atomic E-state index is 6.05. The summed E-state index contributed by atoms with van der Waals surface area (Å²) in [7, 11) is 0. The van der Waals surface area contributed by atoms with Crippen LogP contribution in [0.15, 0.2) is 42.6 Å². The van der Waals surface area contributed by atoms with Crippen molar-refractivity contribution in [2.45, 2.75) is 57.9 Å². The van der Waals surface area contributed by atoms with E-state index in [0.717, 1.165) is 72.3 Å². The fourth-order valence-electron chi connectivity index (χ4n) is 6.59. The van der Waals surface area contributed by atoms with Gasteiger partial charge in [0, 0.05) is 24.7 Å². The van der Waals surface area contributed by atoms with Crippen molar-refractivity contribution in [2.75, 3.05) is 42.1 Å². The summed E-state index contributed by atoms with van der Waals surface area (Å²) in [5.41, 5.74) is 12.6. The van der Waals surface area contributed by atoms with Gasteiger partial charge in [-0.1, -0.05) is 24.3 Å². The molecule has 3 aromatic heterocycles. The second-order valence-corrected chi connectivity index (χ2v) is 11.2. The van der Waals surface area contributed by atoms with Crippen LogP contribution in [0.2, 0.25) is 0 Å². The summed E-state index contributed by atoms with van der Waals surface area (Å²) in [6, 6.07) is 13.3. The van der Waals surface area contributed by atoms with Gasteiger partial charge in [0.25, 0.3) is 0 Å². The predicted octanol–water partition coefficient (Wildman–Crippen LogP) is 4.31. The molecule has 1 aromatic carbocycles. The van der Waals surface area contributed by atoms with Gasteiger partial charge in [0.15, 0.2) is 5.82 Å². The van der Waals surface area contributed by atoms with Crippen molar-refractivity contribution in [1.82, 2.24) is 34.8 Å². The molecule has 0 amide bonds. The average molecular weight is 537 g/mol. The smallest absolute Gasteiger partial charge is 0.241 e. The van der Waals surface area contributed by atoms with Crippen LogP contribution in [0.3, 0.4) is 0 Å². The largest absolute Gasteiger partial charge is 0.366 e. The van der Waals surface area contributed by atoms with Crippen LogP contribution in [0.25, 0.3) is 17.1 Å². The highest BCUT2D eigenvalue weighted by Gasteiger charge is 2.27. The van der Waals surface area contributed by atoms with E-state index in [1.54, 1.807) is 4.68 Å². The highest BCUT2D eigenvalue weighted by molar-refractivity contribution is 5.68. The third-order valence-electron chi connectivity index (χ3n) is 8.59. The number of piperidine rings is 1. The van der Waals surface area contributed by atoms with Gasteiger partial charge in [-0.05, 0) is 93.8 Å². The molecule has 0 unspecified atom stereocenters. The highest BCUT2D eigenvalue weighted by atomic mass is 15.5. The van der Waals surface area contributed by atoms with Crippen molar-refractivity contribution in [3.63, 3.8) is 0 Å². The quantitative estimate of drug-likeness (QED) is 0.385. The summed E-state index contributed by atoms with van der Waals surface area (Å²) < 4.78 is 1.63. The molecule has 7 rings (SSSR count). The van der Waals surface area contributed by atoms with E-state index < -0.39 is 0 Å². The number of aryl methyl sites for hydroxylation is 3. The fraction of sp³-hybridized carbons (Fsp3) is 0.433. The number of nitrogens with one attached hydrogen (secondary N) is 1. The van der Waals surface area contributed by atoms with Crippen LogP contribution in [0.4, 0.5) is 23.4 Å². The SMILES string of the molecule is Cc1cc(Nc2nc(N)nn2-c2cc3c(nn2)-c2ccccc2CCC3)cnc1N1CCC(N2CCCC2)CC1. The second kappa shape index (κ2) is 10.5. The van der Waals surface area contributed by atoms with Gasteiger partial charge < -0.3 is 20.9 Å². The first-order chi connectivity index (χ1) is 19.6. The molecule has 1 aliphatic carbocycles. The van der Waals surface area contributed by atoms with Gasteiger partial charge in [-0.2, -0.15) is 9.67 Å². The van der Waals surface area contributed by atoms with Gasteiger partial charge in [0.05, 0.1) is 17.6 Å². The third-order valence-corrected chi connectivity index (χ3v) is 8.59. The van der Waals surface area contributed by atoms with E-state index in [2.05, 4.69) is 78.7 Å². The van der Waals surface area contributed by atoms with Crippen LogP contribution in [-0.2, 0) is 12.8 Å². The van der Waals surface area contributed by atoms with Gasteiger partial charge >= 0.3 is 0 Å². The van der Waals surface area contributed by atoms with Gasteiger partial charge in [-0.15, -0.1) is 15.3 Å². The molecule has 3 N–H and O–H groups in total. The van der Waals surface area contributed by atoms with Crippen molar-refractivity contribution < 1.29 is 0 Å². The molecule has 2 fully saturated rings. The number of aromatic nitrogens is 6. The lowest BCUT2D eigenvalue weighted by molar-refractivity contribution is 0.207. The Morgan fingerprint density at radius 2 is 1.73 bits per heavy atom. The Bertz CT molecular complexity index is 1510. The van der Waals surface area contributed by atoms with Gasteiger partial charge in [-0.25, -0.2) is 4.98 Å². The molecular formula is C30H36N10. The molecule has 206 valence electrons. The molecule has 4 aromatic rings. The molecule has 2 aliphatic heterocycles. The van der Waals surface area contributed by atoms with Crippen molar-refractivity contribution in [3.8, 4) is 17.1 Å². The molecule has 2 saturated heterocycles.